The van der Waals surface area contributed by atoms with Crippen LogP contribution in [-0.2, 0) is 11.2 Å². The van der Waals surface area contributed by atoms with E-state index in [1.165, 1.54) is 11.3 Å². The molecule has 0 spiro atoms. The molecule has 1 heterocycles. The molecule has 29 heavy (non-hydrogen) atoms. The van der Waals surface area contributed by atoms with Crippen LogP contribution in [0, 0.1) is 0 Å². The van der Waals surface area contributed by atoms with Crippen LogP contribution >= 0.6 is 11.3 Å². The summed E-state index contributed by atoms with van der Waals surface area (Å²) >= 11 is 1.38. The molecule has 0 unspecified atom stereocenters. The van der Waals surface area contributed by atoms with Crippen LogP contribution in [0.25, 0.3) is 22.0 Å². The summed E-state index contributed by atoms with van der Waals surface area (Å²) in [4.78, 5) is 17.0. The average molecular weight is 404 g/mol. The third-order valence-corrected chi connectivity index (χ3v) is 5.37. The molecule has 6 heteroatoms. The highest BCUT2D eigenvalue weighted by Crippen LogP contribution is 2.35. The minimum absolute atomic E-state index is 0.0983. The molecular formula is C23H20N2O3S. The maximum atomic E-state index is 12.5. The van der Waals surface area contributed by atoms with Gasteiger partial charge in [-0.05, 0) is 34.5 Å². The first kappa shape index (κ1) is 19.0. The van der Waals surface area contributed by atoms with E-state index in [9.17, 15) is 4.79 Å². The minimum atomic E-state index is -0.0983. The highest BCUT2D eigenvalue weighted by Gasteiger charge is 2.13. The van der Waals surface area contributed by atoms with Crippen LogP contribution < -0.4 is 14.8 Å². The third-order valence-electron chi connectivity index (χ3n) is 4.61. The summed E-state index contributed by atoms with van der Waals surface area (Å²) in [5.41, 5.74) is 2.51. The van der Waals surface area contributed by atoms with Gasteiger partial charge >= 0.3 is 0 Å². The molecule has 0 bridgehead atoms. The van der Waals surface area contributed by atoms with Gasteiger partial charge in [-0.25, -0.2) is 4.98 Å². The number of benzene rings is 3. The standard InChI is InChI=1S/C23H20N2O3S/c1-27-18-9-10-21(28-2)19(13-18)20-14-29-23(24-20)25-22(26)12-15-7-8-16-5-3-4-6-17(16)11-15/h3-11,13-14H,12H2,1-2H3,(H,24,25,26). The van der Waals surface area contributed by atoms with Crippen molar-refractivity contribution in [1.29, 1.82) is 0 Å². The van der Waals surface area contributed by atoms with Crippen molar-refractivity contribution >= 4 is 33.1 Å². The van der Waals surface area contributed by atoms with Gasteiger partial charge in [-0.15, -0.1) is 11.3 Å². The van der Waals surface area contributed by atoms with E-state index in [0.29, 0.717) is 17.3 Å². The number of hydrogen-bond donors (Lipinski definition) is 1. The van der Waals surface area contributed by atoms with Crippen molar-refractivity contribution in [2.45, 2.75) is 6.42 Å². The van der Waals surface area contributed by atoms with Gasteiger partial charge in [0.2, 0.25) is 5.91 Å². The Morgan fingerprint density at radius 1 is 1.00 bits per heavy atom. The van der Waals surface area contributed by atoms with E-state index in [-0.39, 0.29) is 5.91 Å². The van der Waals surface area contributed by atoms with E-state index >= 15 is 0 Å². The fourth-order valence-electron chi connectivity index (χ4n) is 3.17. The van der Waals surface area contributed by atoms with Gasteiger partial charge in [0, 0.05) is 10.9 Å². The Bertz CT molecular complexity index is 1170. The Morgan fingerprint density at radius 3 is 2.62 bits per heavy atom. The fraction of sp³-hybridized carbons (Fsp3) is 0.130. The Kier molecular flexibility index (Phi) is 5.44. The summed E-state index contributed by atoms with van der Waals surface area (Å²) in [5.74, 6) is 1.32. The predicted molar refractivity (Wildman–Crippen MR) is 117 cm³/mol. The van der Waals surface area contributed by atoms with Crippen LogP contribution in [0.15, 0.2) is 66.0 Å². The maximum Gasteiger partial charge on any atom is 0.230 e. The van der Waals surface area contributed by atoms with E-state index in [1.54, 1.807) is 14.2 Å². The predicted octanol–water partition coefficient (Wildman–Crippen LogP) is 5.16. The first-order valence-corrected chi connectivity index (χ1v) is 9.99. The minimum Gasteiger partial charge on any atom is -0.497 e. The molecule has 4 aromatic rings. The van der Waals surface area contributed by atoms with Crippen molar-refractivity contribution in [3.05, 3.63) is 71.6 Å². The van der Waals surface area contributed by atoms with Crippen LogP contribution in [-0.4, -0.2) is 25.1 Å². The van der Waals surface area contributed by atoms with Crippen LogP contribution in [0.3, 0.4) is 0 Å². The summed E-state index contributed by atoms with van der Waals surface area (Å²) in [7, 11) is 3.23. The lowest BCUT2D eigenvalue weighted by atomic mass is 10.1. The van der Waals surface area contributed by atoms with Gasteiger partial charge in [-0.3, -0.25) is 4.79 Å². The van der Waals surface area contributed by atoms with Gasteiger partial charge in [0.15, 0.2) is 5.13 Å². The Balaban J connectivity index is 1.49. The lowest BCUT2D eigenvalue weighted by Crippen LogP contribution is -2.14. The van der Waals surface area contributed by atoms with Crippen molar-refractivity contribution in [2.75, 3.05) is 19.5 Å². The average Bonchev–Trinajstić information content (AvgIpc) is 3.21. The maximum absolute atomic E-state index is 12.5. The van der Waals surface area contributed by atoms with E-state index in [2.05, 4.69) is 16.4 Å². The molecule has 0 aliphatic carbocycles. The second kappa shape index (κ2) is 8.32. The number of nitrogens with one attached hydrogen (secondary N) is 1. The molecule has 1 aromatic heterocycles. The molecule has 0 saturated carbocycles. The topological polar surface area (TPSA) is 60.5 Å². The van der Waals surface area contributed by atoms with Gasteiger partial charge in [0.25, 0.3) is 0 Å². The van der Waals surface area contributed by atoms with Gasteiger partial charge in [-0.2, -0.15) is 0 Å². The molecule has 0 radical (unpaired) electrons. The van der Waals surface area contributed by atoms with Crippen LogP contribution in [0.5, 0.6) is 11.5 Å². The summed E-state index contributed by atoms with van der Waals surface area (Å²) in [6.45, 7) is 0. The summed E-state index contributed by atoms with van der Waals surface area (Å²) in [6, 6.07) is 19.7. The fourth-order valence-corrected chi connectivity index (χ4v) is 3.89. The number of rotatable bonds is 6. The van der Waals surface area contributed by atoms with Gasteiger partial charge in [0.1, 0.15) is 11.5 Å². The Labute approximate surface area is 172 Å². The highest BCUT2D eigenvalue weighted by atomic mass is 32.1. The number of nitrogens with zero attached hydrogens (tertiary/aromatic N) is 1. The number of carbonyl (C=O) groups is 1. The van der Waals surface area contributed by atoms with Crippen molar-refractivity contribution in [3.8, 4) is 22.8 Å². The molecule has 1 N–H and O–H groups in total. The van der Waals surface area contributed by atoms with Gasteiger partial charge < -0.3 is 14.8 Å². The van der Waals surface area contributed by atoms with Crippen LogP contribution in [0.4, 0.5) is 5.13 Å². The van der Waals surface area contributed by atoms with E-state index in [1.807, 2.05) is 60.0 Å². The van der Waals surface area contributed by atoms with Crippen molar-refractivity contribution < 1.29 is 14.3 Å². The number of fused-ring (bicyclic) bond motifs is 1. The number of thiazole rings is 1. The highest BCUT2D eigenvalue weighted by molar-refractivity contribution is 7.14. The Morgan fingerprint density at radius 2 is 1.83 bits per heavy atom. The van der Waals surface area contributed by atoms with Crippen LogP contribution in [0.2, 0.25) is 0 Å². The molecule has 0 aliphatic rings. The quantitative estimate of drug-likeness (QED) is 0.482. The number of aromatic nitrogens is 1. The SMILES string of the molecule is COc1ccc(OC)c(-c2csc(NC(=O)Cc3ccc4ccccc4c3)n2)c1. The number of methoxy groups -OCH3 is 2. The van der Waals surface area contributed by atoms with Gasteiger partial charge in [0.05, 0.1) is 26.3 Å². The first-order valence-electron chi connectivity index (χ1n) is 9.12. The molecule has 3 aromatic carbocycles. The second-order valence-corrected chi connectivity index (χ2v) is 7.37. The number of anilines is 1. The lowest BCUT2D eigenvalue weighted by Gasteiger charge is -2.08. The van der Waals surface area contributed by atoms with Crippen molar-refractivity contribution in [1.82, 2.24) is 4.98 Å². The zero-order valence-corrected chi connectivity index (χ0v) is 17.0. The Hall–Kier alpha value is -3.38. The third kappa shape index (κ3) is 4.22. The lowest BCUT2D eigenvalue weighted by molar-refractivity contribution is -0.115. The molecule has 5 nitrogen and oxygen atoms in total. The van der Waals surface area contributed by atoms with Gasteiger partial charge in [-0.1, -0.05) is 42.5 Å². The smallest absolute Gasteiger partial charge is 0.230 e. The monoisotopic (exact) mass is 404 g/mol. The molecular weight excluding hydrogens is 384 g/mol. The molecule has 0 saturated heterocycles. The molecule has 1 amide bonds. The zero-order valence-electron chi connectivity index (χ0n) is 16.1. The zero-order chi connectivity index (χ0) is 20.2. The van der Waals surface area contributed by atoms with E-state index in [4.69, 9.17) is 9.47 Å². The van der Waals surface area contributed by atoms with E-state index in [0.717, 1.165) is 33.3 Å². The second-order valence-electron chi connectivity index (χ2n) is 6.51. The van der Waals surface area contributed by atoms with Crippen molar-refractivity contribution in [2.24, 2.45) is 0 Å². The summed E-state index contributed by atoms with van der Waals surface area (Å²) in [6.07, 6.45) is 0.294. The largest absolute Gasteiger partial charge is 0.497 e. The van der Waals surface area contributed by atoms with E-state index < -0.39 is 0 Å². The number of ether oxygens (including phenoxy) is 2. The summed E-state index contributed by atoms with van der Waals surface area (Å²) < 4.78 is 10.7. The molecule has 0 atom stereocenters. The normalized spacial score (nSPS) is 10.7. The van der Waals surface area contributed by atoms with Crippen molar-refractivity contribution in [3.63, 3.8) is 0 Å². The van der Waals surface area contributed by atoms with Crippen LogP contribution in [0.1, 0.15) is 5.56 Å². The molecule has 0 fully saturated rings. The summed E-state index contributed by atoms with van der Waals surface area (Å²) in [5, 5.41) is 7.62. The molecule has 4 rings (SSSR count). The first-order chi connectivity index (χ1) is 14.2. The molecule has 0 aliphatic heterocycles. The number of carbonyl (C=O) groups excluding carboxylic acids is 1. The number of hydrogen-bond acceptors (Lipinski definition) is 5. The molecule has 146 valence electrons. The number of amides is 1.